The third-order valence-corrected chi connectivity index (χ3v) is 3.83. The third-order valence-electron chi connectivity index (χ3n) is 2.70. The van der Waals surface area contributed by atoms with Gasteiger partial charge in [0, 0.05) is 13.1 Å². The lowest BCUT2D eigenvalue weighted by molar-refractivity contribution is 0.134. The molecule has 0 aromatic carbocycles. The molecule has 5 nitrogen and oxygen atoms in total. The molecular weight excluding hydrogens is 216 g/mol. The van der Waals surface area contributed by atoms with Crippen LogP contribution in [-0.4, -0.2) is 32.7 Å². The summed E-state index contributed by atoms with van der Waals surface area (Å²) >= 11 is 0. The number of nitrogens with one attached hydrogen (secondary N) is 2. The van der Waals surface area contributed by atoms with Gasteiger partial charge in [-0.3, -0.25) is 0 Å². The highest BCUT2D eigenvalue weighted by Gasteiger charge is 2.26. The van der Waals surface area contributed by atoms with Gasteiger partial charge in [-0.05, 0) is 25.2 Å². The third kappa shape index (κ3) is 4.46. The van der Waals surface area contributed by atoms with Gasteiger partial charge in [-0.1, -0.05) is 13.3 Å². The van der Waals surface area contributed by atoms with Crippen LogP contribution in [0.2, 0.25) is 0 Å². The molecule has 90 valence electrons. The molecule has 0 spiro atoms. The van der Waals surface area contributed by atoms with Crippen molar-refractivity contribution in [1.82, 2.24) is 9.44 Å². The molecule has 0 heterocycles. The van der Waals surface area contributed by atoms with Crippen LogP contribution in [0.1, 0.15) is 32.6 Å². The second-order valence-electron chi connectivity index (χ2n) is 4.00. The maximum absolute atomic E-state index is 11.3. The summed E-state index contributed by atoms with van der Waals surface area (Å²) in [6, 6.07) is 0. The summed E-state index contributed by atoms with van der Waals surface area (Å²) in [6.07, 6.45) is 3.09. The van der Waals surface area contributed by atoms with Gasteiger partial charge in [0.05, 0.1) is 6.10 Å². The zero-order chi connectivity index (χ0) is 11.3. The number of aliphatic hydroxyl groups excluding tert-OH is 1. The molecule has 0 amide bonds. The quantitative estimate of drug-likeness (QED) is 0.606. The minimum atomic E-state index is -3.37. The number of rotatable bonds is 6. The Hall–Kier alpha value is -0.170. The molecule has 0 saturated heterocycles. The molecule has 1 rings (SSSR count). The molecule has 2 atom stereocenters. The van der Waals surface area contributed by atoms with Crippen molar-refractivity contribution < 1.29 is 13.5 Å². The lowest BCUT2D eigenvalue weighted by Gasteiger charge is -2.15. The molecule has 15 heavy (non-hydrogen) atoms. The maximum atomic E-state index is 11.3. The van der Waals surface area contributed by atoms with Crippen molar-refractivity contribution in [1.29, 1.82) is 0 Å². The highest BCUT2D eigenvalue weighted by molar-refractivity contribution is 7.87. The van der Waals surface area contributed by atoms with Crippen LogP contribution in [0.5, 0.6) is 0 Å². The van der Waals surface area contributed by atoms with E-state index in [1.54, 1.807) is 0 Å². The molecule has 6 heteroatoms. The van der Waals surface area contributed by atoms with E-state index in [4.69, 9.17) is 0 Å². The van der Waals surface area contributed by atoms with Crippen LogP contribution in [0.4, 0.5) is 0 Å². The Bertz CT molecular complexity index is 279. The van der Waals surface area contributed by atoms with Crippen molar-refractivity contribution in [3.63, 3.8) is 0 Å². The summed E-state index contributed by atoms with van der Waals surface area (Å²) in [5.41, 5.74) is 0. The van der Waals surface area contributed by atoms with Gasteiger partial charge in [0.2, 0.25) is 0 Å². The summed E-state index contributed by atoms with van der Waals surface area (Å²) < 4.78 is 27.6. The molecule has 0 aromatic heterocycles. The SMILES string of the molecule is CCCNS(=O)(=O)NCC1CCCC1O. The van der Waals surface area contributed by atoms with E-state index in [1.807, 2.05) is 6.92 Å². The molecule has 0 aromatic rings. The van der Waals surface area contributed by atoms with E-state index in [0.717, 1.165) is 25.7 Å². The van der Waals surface area contributed by atoms with Crippen LogP contribution in [0.3, 0.4) is 0 Å². The molecule has 1 aliphatic carbocycles. The zero-order valence-electron chi connectivity index (χ0n) is 9.07. The zero-order valence-corrected chi connectivity index (χ0v) is 9.89. The lowest BCUT2D eigenvalue weighted by Crippen LogP contribution is -2.40. The van der Waals surface area contributed by atoms with Crippen LogP contribution in [0, 0.1) is 5.92 Å². The minimum absolute atomic E-state index is 0.0724. The average Bonchev–Trinajstić information content (AvgIpc) is 2.58. The van der Waals surface area contributed by atoms with Crippen molar-refractivity contribution in [2.24, 2.45) is 5.92 Å². The molecular formula is C9H20N2O3S. The average molecular weight is 236 g/mol. The van der Waals surface area contributed by atoms with E-state index < -0.39 is 10.2 Å². The van der Waals surface area contributed by atoms with Gasteiger partial charge < -0.3 is 5.11 Å². The van der Waals surface area contributed by atoms with E-state index in [0.29, 0.717) is 13.1 Å². The monoisotopic (exact) mass is 236 g/mol. The fourth-order valence-corrected chi connectivity index (χ4v) is 2.77. The highest BCUT2D eigenvalue weighted by atomic mass is 32.2. The Morgan fingerprint density at radius 3 is 2.60 bits per heavy atom. The smallest absolute Gasteiger partial charge is 0.276 e. The maximum Gasteiger partial charge on any atom is 0.276 e. The van der Waals surface area contributed by atoms with Gasteiger partial charge >= 0.3 is 0 Å². The highest BCUT2D eigenvalue weighted by Crippen LogP contribution is 2.24. The van der Waals surface area contributed by atoms with Gasteiger partial charge in [-0.15, -0.1) is 0 Å². The van der Waals surface area contributed by atoms with Crippen LogP contribution >= 0.6 is 0 Å². The summed E-state index contributed by atoms with van der Waals surface area (Å²) in [5.74, 6) is 0.0724. The first kappa shape index (κ1) is 12.9. The van der Waals surface area contributed by atoms with Crippen LogP contribution in [0.15, 0.2) is 0 Å². The van der Waals surface area contributed by atoms with Crippen molar-refractivity contribution in [2.45, 2.75) is 38.7 Å². The first-order valence-electron chi connectivity index (χ1n) is 5.47. The van der Waals surface area contributed by atoms with Gasteiger partial charge in [0.25, 0.3) is 10.2 Å². The van der Waals surface area contributed by atoms with Crippen LogP contribution < -0.4 is 9.44 Å². The molecule has 0 aliphatic heterocycles. The molecule has 1 fully saturated rings. The molecule has 3 N–H and O–H groups in total. The predicted octanol–water partition coefficient (Wildman–Crippen LogP) is -0.0186. The Labute approximate surface area is 91.4 Å². The Morgan fingerprint density at radius 1 is 1.33 bits per heavy atom. The summed E-state index contributed by atoms with van der Waals surface area (Å²) in [5, 5.41) is 9.51. The Kier molecular flexibility index (Phi) is 4.98. The van der Waals surface area contributed by atoms with Gasteiger partial charge in [-0.2, -0.15) is 8.42 Å². The predicted molar refractivity (Wildman–Crippen MR) is 58.6 cm³/mol. The van der Waals surface area contributed by atoms with Gasteiger partial charge in [-0.25, -0.2) is 9.44 Å². The normalized spacial score (nSPS) is 27.1. The van der Waals surface area contributed by atoms with Crippen molar-refractivity contribution in [3.05, 3.63) is 0 Å². The van der Waals surface area contributed by atoms with Crippen molar-refractivity contribution >= 4 is 10.2 Å². The molecule has 1 saturated carbocycles. The fraction of sp³-hybridized carbons (Fsp3) is 1.00. The molecule has 0 bridgehead atoms. The molecule has 2 unspecified atom stereocenters. The largest absolute Gasteiger partial charge is 0.393 e. The second kappa shape index (κ2) is 5.79. The summed E-state index contributed by atoms with van der Waals surface area (Å²) in [7, 11) is -3.37. The topological polar surface area (TPSA) is 78.4 Å². The number of aliphatic hydroxyl groups is 1. The van der Waals surface area contributed by atoms with E-state index in [2.05, 4.69) is 9.44 Å². The van der Waals surface area contributed by atoms with Gasteiger partial charge in [0.15, 0.2) is 0 Å². The first-order chi connectivity index (χ1) is 7.05. The van der Waals surface area contributed by atoms with E-state index in [9.17, 15) is 13.5 Å². The van der Waals surface area contributed by atoms with E-state index in [1.165, 1.54) is 0 Å². The van der Waals surface area contributed by atoms with E-state index >= 15 is 0 Å². The van der Waals surface area contributed by atoms with E-state index in [-0.39, 0.29) is 12.0 Å². The fourth-order valence-electron chi connectivity index (χ4n) is 1.76. The van der Waals surface area contributed by atoms with Gasteiger partial charge in [0.1, 0.15) is 0 Å². The standard InChI is InChI=1S/C9H20N2O3S/c1-2-6-10-15(13,14)11-7-8-4-3-5-9(8)12/h8-12H,2-7H2,1H3. The molecule has 1 aliphatic rings. The van der Waals surface area contributed by atoms with Crippen molar-refractivity contribution in [3.8, 4) is 0 Å². The number of hydrogen-bond acceptors (Lipinski definition) is 3. The van der Waals surface area contributed by atoms with Crippen LogP contribution in [0.25, 0.3) is 0 Å². The minimum Gasteiger partial charge on any atom is -0.393 e. The molecule has 0 radical (unpaired) electrons. The Morgan fingerprint density at radius 2 is 2.07 bits per heavy atom. The lowest BCUT2D eigenvalue weighted by atomic mass is 10.1. The van der Waals surface area contributed by atoms with Crippen molar-refractivity contribution in [2.75, 3.05) is 13.1 Å². The second-order valence-corrected chi connectivity index (χ2v) is 5.59. The first-order valence-corrected chi connectivity index (χ1v) is 6.96. The summed E-state index contributed by atoms with van der Waals surface area (Å²) in [4.78, 5) is 0. The number of hydrogen-bond donors (Lipinski definition) is 3. The summed E-state index contributed by atoms with van der Waals surface area (Å²) in [6.45, 7) is 2.69. The Balaban J connectivity index is 2.29. The van der Waals surface area contributed by atoms with Crippen LogP contribution in [-0.2, 0) is 10.2 Å².